The topological polar surface area (TPSA) is 73.2 Å². The second-order valence-electron chi connectivity index (χ2n) is 6.47. The third kappa shape index (κ3) is 5.20. The Bertz CT molecular complexity index is 1110. The van der Waals surface area contributed by atoms with Crippen molar-refractivity contribution in [3.8, 4) is 5.75 Å². The minimum absolute atomic E-state index is 0.0169. The van der Waals surface area contributed by atoms with E-state index in [9.17, 15) is 14.0 Å². The van der Waals surface area contributed by atoms with Crippen molar-refractivity contribution < 1.29 is 13.9 Å². The molecule has 1 amide bonds. The molecule has 1 N–H and O–H groups in total. The second kappa shape index (κ2) is 8.87. The predicted molar refractivity (Wildman–Crippen MR) is 109 cm³/mol. The van der Waals surface area contributed by atoms with Crippen molar-refractivity contribution >= 4 is 23.2 Å². The summed E-state index contributed by atoms with van der Waals surface area (Å²) in [6.07, 6.45) is 0.368. The van der Waals surface area contributed by atoms with Gasteiger partial charge in [-0.25, -0.2) is 9.07 Å². The maximum atomic E-state index is 13.9. The van der Waals surface area contributed by atoms with Gasteiger partial charge in [0.05, 0.1) is 18.5 Å². The molecule has 0 aliphatic rings. The van der Waals surface area contributed by atoms with Crippen LogP contribution >= 0.6 is 11.6 Å². The van der Waals surface area contributed by atoms with E-state index >= 15 is 0 Å². The fourth-order valence-electron chi connectivity index (χ4n) is 2.90. The van der Waals surface area contributed by atoms with Gasteiger partial charge in [0.2, 0.25) is 5.91 Å². The van der Waals surface area contributed by atoms with Crippen molar-refractivity contribution in [1.29, 1.82) is 0 Å². The molecule has 1 heterocycles. The number of aryl methyl sites for hydroxylation is 1. The van der Waals surface area contributed by atoms with Gasteiger partial charge in [-0.2, -0.15) is 5.10 Å². The lowest BCUT2D eigenvalue weighted by Crippen LogP contribution is -2.32. The number of hydrogen-bond acceptors (Lipinski definition) is 4. The summed E-state index contributed by atoms with van der Waals surface area (Å²) in [7, 11) is 1.57. The van der Waals surface area contributed by atoms with E-state index in [1.807, 2.05) is 24.3 Å². The molecule has 3 aromatic rings. The van der Waals surface area contributed by atoms with Gasteiger partial charge in [0.1, 0.15) is 18.1 Å². The van der Waals surface area contributed by atoms with Crippen LogP contribution in [-0.2, 0) is 17.8 Å². The van der Waals surface area contributed by atoms with Gasteiger partial charge < -0.3 is 10.1 Å². The molecule has 0 aliphatic heterocycles. The van der Waals surface area contributed by atoms with E-state index < -0.39 is 11.7 Å². The zero-order valence-electron chi connectivity index (χ0n) is 15.9. The highest BCUT2D eigenvalue weighted by Crippen LogP contribution is 2.19. The van der Waals surface area contributed by atoms with Crippen LogP contribution in [0.3, 0.4) is 0 Å². The minimum Gasteiger partial charge on any atom is -0.497 e. The molecule has 0 saturated heterocycles. The van der Waals surface area contributed by atoms with E-state index in [1.54, 1.807) is 20.1 Å². The lowest BCUT2D eigenvalue weighted by molar-refractivity contribution is -0.117. The number of aromatic nitrogens is 2. The average Bonchev–Trinajstić information content (AvgIpc) is 2.68. The first-order valence-electron chi connectivity index (χ1n) is 8.81. The molecule has 0 fully saturated rings. The number of anilines is 1. The number of benzene rings is 2. The second-order valence-corrected chi connectivity index (χ2v) is 6.91. The highest BCUT2D eigenvalue weighted by atomic mass is 35.5. The average molecular weight is 416 g/mol. The van der Waals surface area contributed by atoms with Crippen molar-refractivity contribution in [3.05, 3.63) is 86.5 Å². The van der Waals surface area contributed by atoms with Gasteiger partial charge in [-0.15, -0.1) is 0 Å². The molecule has 1 aromatic heterocycles. The Hall–Kier alpha value is -3.19. The number of rotatable bonds is 6. The van der Waals surface area contributed by atoms with E-state index in [2.05, 4.69) is 10.4 Å². The first-order chi connectivity index (χ1) is 13.9. The number of amides is 1. The maximum Gasteiger partial charge on any atom is 0.270 e. The number of nitrogens with one attached hydrogen (secondary N) is 1. The molecule has 0 unspecified atom stereocenters. The maximum absolute atomic E-state index is 13.9. The van der Waals surface area contributed by atoms with E-state index in [0.29, 0.717) is 23.4 Å². The molecule has 0 saturated carbocycles. The van der Waals surface area contributed by atoms with Crippen LogP contribution in [0.15, 0.2) is 53.3 Å². The van der Waals surface area contributed by atoms with Gasteiger partial charge in [-0.1, -0.05) is 23.7 Å². The monoisotopic (exact) mass is 415 g/mol. The first kappa shape index (κ1) is 20.5. The van der Waals surface area contributed by atoms with Crippen LogP contribution in [0.25, 0.3) is 0 Å². The summed E-state index contributed by atoms with van der Waals surface area (Å²) >= 11 is 5.71. The smallest absolute Gasteiger partial charge is 0.270 e. The van der Waals surface area contributed by atoms with Crippen LogP contribution < -0.4 is 15.6 Å². The molecule has 0 atom stereocenters. The zero-order valence-corrected chi connectivity index (χ0v) is 16.7. The van der Waals surface area contributed by atoms with E-state index in [0.717, 1.165) is 16.3 Å². The van der Waals surface area contributed by atoms with Crippen LogP contribution in [-0.4, -0.2) is 22.8 Å². The van der Waals surface area contributed by atoms with Crippen LogP contribution in [0.1, 0.15) is 16.8 Å². The van der Waals surface area contributed by atoms with Crippen LogP contribution in [0.4, 0.5) is 10.1 Å². The lowest BCUT2D eigenvalue weighted by atomic mass is 10.1. The number of ether oxygens (including phenoxy) is 1. The van der Waals surface area contributed by atoms with Crippen molar-refractivity contribution in [1.82, 2.24) is 9.78 Å². The summed E-state index contributed by atoms with van der Waals surface area (Å²) in [6, 6.07) is 13.0. The van der Waals surface area contributed by atoms with Crippen LogP contribution in [0.2, 0.25) is 5.02 Å². The SMILES string of the molecule is COc1cccc(Cc2cc(C)nn(CC(=O)Nc3ccc(Cl)cc3F)c2=O)c1. The van der Waals surface area contributed by atoms with Gasteiger partial charge in [-0.3, -0.25) is 9.59 Å². The molecule has 150 valence electrons. The van der Waals surface area contributed by atoms with Gasteiger partial charge in [0, 0.05) is 17.0 Å². The number of hydrogen-bond donors (Lipinski definition) is 1. The summed E-state index contributed by atoms with van der Waals surface area (Å²) in [5, 5.41) is 6.78. The van der Waals surface area contributed by atoms with Crippen molar-refractivity contribution in [3.63, 3.8) is 0 Å². The Morgan fingerprint density at radius 1 is 1.24 bits per heavy atom. The third-order valence-electron chi connectivity index (χ3n) is 4.20. The standard InChI is InChI=1S/C21H19ClFN3O3/c1-13-8-15(9-14-4-3-5-17(10-14)29-2)21(28)26(25-13)12-20(27)24-19-7-6-16(22)11-18(19)23/h3-8,10-11H,9,12H2,1-2H3,(H,24,27). The fourth-order valence-corrected chi connectivity index (χ4v) is 3.06. The summed E-state index contributed by atoms with van der Waals surface area (Å²) in [6.45, 7) is 1.40. The Morgan fingerprint density at radius 2 is 2.03 bits per heavy atom. The normalized spacial score (nSPS) is 10.6. The van der Waals surface area contributed by atoms with E-state index in [4.69, 9.17) is 16.3 Å². The van der Waals surface area contributed by atoms with Gasteiger partial charge >= 0.3 is 0 Å². The molecule has 6 nitrogen and oxygen atoms in total. The lowest BCUT2D eigenvalue weighted by Gasteiger charge is -2.11. The fraction of sp³-hybridized carbons (Fsp3) is 0.190. The molecule has 3 rings (SSSR count). The number of carbonyl (C=O) groups excluding carboxylic acids is 1. The summed E-state index contributed by atoms with van der Waals surface area (Å²) in [5.74, 6) is -0.536. The molecule has 0 spiro atoms. The number of methoxy groups -OCH3 is 1. The van der Waals surface area contributed by atoms with Crippen molar-refractivity contribution in [2.45, 2.75) is 19.9 Å². The quantitative estimate of drug-likeness (QED) is 0.667. The zero-order chi connectivity index (χ0) is 21.0. The Kier molecular flexibility index (Phi) is 6.29. The molecule has 0 radical (unpaired) electrons. The molecular formula is C21H19ClFN3O3. The van der Waals surface area contributed by atoms with Gasteiger partial charge in [-0.05, 0) is 48.9 Å². The van der Waals surface area contributed by atoms with Gasteiger partial charge in [0.25, 0.3) is 5.56 Å². The third-order valence-corrected chi connectivity index (χ3v) is 4.43. The van der Waals surface area contributed by atoms with Crippen molar-refractivity contribution in [2.75, 3.05) is 12.4 Å². The minimum atomic E-state index is -0.658. The number of carbonyl (C=O) groups is 1. The molecule has 0 bridgehead atoms. The Balaban J connectivity index is 1.80. The molecule has 8 heteroatoms. The highest BCUT2D eigenvalue weighted by Gasteiger charge is 2.13. The van der Waals surface area contributed by atoms with Gasteiger partial charge in [0.15, 0.2) is 0 Å². The number of nitrogens with zero attached hydrogens (tertiary/aromatic N) is 2. The molecule has 0 aliphatic carbocycles. The molecule has 29 heavy (non-hydrogen) atoms. The van der Waals surface area contributed by atoms with Crippen LogP contribution in [0, 0.1) is 12.7 Å². The summed E-state index contributed by atoms with van der Waals surface area (Å²) < 4.78 is 20.2. The summed E-state index contributed by atoms with van der Waals surface area (Å²) in [4.78, 5) is 25.1. The van der Waals surface area contributed by atoms with Crippen LogP contribution in [0.5, 0.6) is 5.75 Å². The van der Waals surface area contributed by atoms with E-state index in [-0.39, 0.29) is 22.8 Å². The van der Waals surface area contributed by atoms with Crippen molar-refractivity contribution in [2.24, 2.45) is 0 Å². The number of halogens is 2. The van der Waals surface area contributed by atoms with E-state index in [1.165, 1.54) is 12.1 Å². The Labute approximate surface area is 171 Å². The highest BCUT2D eigenvalue weighted by molar-refractivity contribution is 6.30. The summed E-state index contributed by atoms with van der Waals surface area (Å²) in [5.41, 5.74) is 1.58. The predicted octanol–water partition coefficient (Wildman–Crippen LogP) is 3.58. The largest absolute Gasteiger partial charge is 0.497 e. The first-order valence-corrected chi connectivity index (χ1v) is 9.19. The molecule has 2 aromatic carbocycles. The molecular weight excluding hydrogens is 397 g/mol. The Morgan fingerprint density at radius 3 is 2.76 bits per heavy atom.